The van der Waals surface area contributed by atoms with Crippen molar-refractivity contribution in [2.45, 2.75) is 6.61 Å². The number of hydrogen-bond acceptors (Lipinski definition) is 5. The summed E-state index contributed by atoms with van der Waals surface area (Å²) in [5.74, 6) is 7.76. The van der Waals surface area contributed by atoms with Gasteiger partial charge in [-0.05, 0) is 23.6 Å². The normalized spacial score (nSPS) is 9.67. The highest BCUT2D eigenvalue weighted by Gasteiger charge is 2.12. The van der Waals surface area contributed by atoms with E-state index in [1.54, 1.807) is 25.6 Å². The molecule has 0 aliphatic heterocycles. The first kappa shape index (κ1) is 15.2. The van der Waals surface area contributed by atoms with Crippen molar-refractivity contribution in [2.75, 3.05) is 20.8 Å². The fourth-order valence-corrected chi connectivity index (χ4v) is 2.55. The van der Waals surface area contributed by atoms with Crippen LogP contribution >= 0.6 is 11.3 Å². The van der Waals surface area contributed by atoms with Crippen LogP contribution in [0.2, 0.25) is 0 Å². The molecule has 2 aromatic rings. The summed E-state index contributed by atoms with van der Waals surface area (Å²) in [7, 11) is 3.20. The molecule has 0 amide bonds. The lowest BCUT2D eigenvalue weighted by Gasteiger charge is -2.13. The highest BCUT2D eigenvalue weighted by molar-refractivity contribution is 7.10. The SMILES string of the molecule is COc1cccc(OC)c1OCc1sccc1C#CCN. The molecule has 0 atom stereocenters. The van der Waals surface area contributed by atoms with Gasteiger partial charge in [-0.2, -0.15) is 0 Å². The van der Waals surface area contributed by atoms with Crippen LogP contribution in [-0.2, 0) is 6.61 Å². The molecule has 0 aliphatic rings. The van der Waals surface area contributed by atoms with Crippen LogP contribution in [0.25, 0.3) is 0 Å². The molecule has 0 fully saturated rings. The Hall–Kier alpha value is -2.16. The van der Waals surface area contributed by atoms with Gasteiger partial charge in [0.2, 0.25) is 5.75 Å². The molecule has 5 heteroatoms. The number of nitrogens with two attached hydrogens (primary N) is 1. The van der Waals surface area contributed by atoms with Crippen molar-refractivity contribution in [2.24, 2.45) is 5.73 Å². The van der Waals surface area contributed by atoms with Gasteiger partial charge in [-0.1, -0.05) is 17.9 Å². The van der Waals surface area contributed by atoms with E-state index in [0.717, 1.165) is 10.4 Å². The average molecular weight is 303 g/mol. The number of ether oxygens (including phenoxy) is 3. The summed E-state index contributed by atoms with van der Waals surface area (Å²) >= 11 is 1.60. The Bertz CT molecular complexity index is 633. The number of benzene rings is 1. The molecule has 1 aromatic carbocycles. The smallest absolute Gasteiger partial charge is 0.203 e. The topological polar surface area (TPSA) is 53.7 Å². The highest BCUT2D eigenvalue weighted by Crippen LogP contribution is 2.37. The molecular formula is C16H17NO3S. The molecule has 1 aromatic heterocycles. The lowest BCUT2D eigenvalue weighted by molar-refractivity contribution is 0.268. The van der Waals surface area contributed by atoms with Gasteiger partial charge in [0.25, 0.3) is 0 Å². The van der Waals surface area contributed by atoms with Crippen LogP contribution in [-0.4, -0.2) is 20.8 Å². The molecule has 4 nitrogen and oxygen atoms in total. The second-order valence-electron chi connectivity index (χ2n) is 4.04. The van der Waals surface area contributed by atoms with Crippen molar-refractivity contribution < 1.29 is 14.2 Å². The predicted molar refractivity (Wildman–Crippen MR) is 84.1 cm³/mol. The molecule has 21 heavy (non-hydrogen) atoms. The average Bonchev–Trinajstić information content (AvgIpc) is 2.97. The van der Waals surface area contributed by atoms with Crippen LogP contribution in [0.5, 0.6) is 17.2 Å². The molecule has 0 bridgehead atoms. The number of thiophene rings is 1. The first-order chi connectivity index (χ1) is 10.3. The predicted octanol–water partition coefficient (Wildman–Crippen LogP) is 2.65. The minimum atomic E-state index is 0.344. The highest BCUT2D eigenvalue weighted by atomic mass is 32.1. The van der Waals surface area contributed by atoms with Gasteiger partial charge in [0.15, 0.2) is 11.5 Å². The fraction of sp³-hybridized carbons (Fsp3) is 0.250. The maximum Gasteiger partial charge on any atom is 0.203 e. The maximum atomic E-state index is 5.88. The Morgan fingerprint density at radius 3 is 2.48 bits per heavy atom. The summed E-state index contributed by atoms with van der Waals surface area (Å²) in [4.78, 5) is 1.05. The van der Waals surface area contributed by atoms with E-state index >= 15 is 0 Å². The van der Waals surface area contributed by atoms with Crippen molar-refractivity contribution in [1.82, 2.24) is 0 Å². The third-order valence-electron chi connectivity index (χ3n) is 2.80. The van der Waals surface area contributed by atoms with E-state index in [4.69, 9.17) is 19.9 Å². The number of para-hydroxylation sites is 1. The summed E-state index contributed by atoms with van der Waals surface area (Å²) in [6.45, 7) is 0.749. The van der Waals surface area contributed by atoms with Gasteiger partial charge in [0.1, 0.15) is 6.61 Å². The second-order valence-corrected chi connectivity index (χ2v) is 5.04. The lowest BCUT2D eigenvalue weighted by Crippen LogP contribution is -2.00. The summed E-state index contributed by atoms with van der Waals surface area (Å²) < 4.78 is 16.5. The quantitative estimate of drug-likeness (QED) is 0.863. The molecule has 0 spiro atoms. The third-order valence-corrected chi connectivity index (χ3v) is 3.70. The van der Waals surface area contributed by atoms with Gasteiger partial charge in [-0.25, -0.2) is 0 Å². The Labute approximate surface area is 128 Å². The van der Waals surface area contributed by atoms with E-state index in [0.29, 0.717) is 30.4 Å². The van der Waals surface area contributed by atoms with Crippen LogP contribution in [0.4, 0.5) is 0 Å². The van der Waals surface area contributed by atoms with Gasteiger partial charge in [0, 0.05) is 5.56 Å². The zero-order valence-electron chi connectivity index (χ0n) is 12.0. The molecule has 0 radical (unpaired) electrons. The zero-order valence-corrected chi connectivity index (χ0v) is 12.8. The van der Waals surface area contributed by atoms with E-state index in [1.165, 1.54) is 0 Å². The van der Waals surface area contributed by atoms with E-state index in [2.05, 4.69) is 11.8 Å². The third kappa shape index (κ3) is 3.69. The summed E-state index contributed by atoms with van der Waals surface area (Å²) in [6.07, 6.45) is 0. The van der Waals surface area contributed by atoms with E-state index in [1.807, 2.05) is 29.6 Å². The molecule has 0 aliphatic carbocycles. The molecule has 2 rings (SSSR count). The Kier molecular flexibility index (Phi) is 5.50. The molecular weight excluding hydrogens is 286 g/mol. The summed E-state index contributed by atoms with van der Waals surface area (Å²) in [6, 6.07) is 7.49. The van der Waals surface area contributed by atoms with Crippen molar-refractivity contribution in [3.63, 3.8) is 0 Å². The number of methoxy groups -OCH3 is 2. The molecule has 0 unspecified atom stereocenters. The first-order valence-corrected chi connectivity index (χ1v) is 7.27. The standard InChI is InChI=1S/C16H17NO3S/c1-18-13-6-3-7-14(19-2)16(13)20-11-15-12(5-4-9-17)8-10-21-15/h3,6-8,10H,9,11,17H2,1-2H3. The van der Waals surface area contributed by atoms with Crippen LogP contribution in [0.15, 0.2) is 29.6 Å². The van der Waals surface area contributed by atoms with Crippen molar-refractivity contribution in [1.29, 1.82) is 0 Å². The van der Waals surface area contributed by atoms with Crippen LogP contribution in [0.1, 0.15) is 10.4 Å². The van der Waals surface area contributed by atoms with Crippen LogP contribution in [0, 0.1) is 11.8 Å². The van der Waals surface area contributed by atoms with Crippen molar-refractivity contribution in [3.05, 3.63) is 40.1 Å². The minimum absolute atomic E-state index is 0.344. The number of rotatable bonds is 5. The maximum absolute atomic E-state index is 5.88. The second kappa shape index (κ2) is 7.58. The Balaban J connectivity index is 2.19. The molecule has 1 heterocycles. The van der Waals surface area contributed by atoms with Gasteiger partial charge in [0.05, 0.1) is 25.6 Å². The van der Waals surface area contributed by atoms with Crippen LogP contribution in [0.3, 0.4) is 0 Å². The zero-order chi connectivity index (χ0) is 15.1. The van der Waals surface area contributed by atoms with Gasteiger partial charge < -0.3 is 19.9 Å². The monoisotopic (exact) mass is 303 g/mol. The minimum Gasteiger partial charge on any atom is -0.493 e. The van der Waals surface area contributed by atoms with Crippen LogP contribution < -0.4 is 19.9 Å². The first-order valence-electron chi connectivity index (χ1n) is 6.39. The van der Waals surface area contributed by atoms with E-state index in [9.17, 15) is 0 Å². The molecule has 0 saturated heterocycles. The van der Waals surface area contributed by atoms with Gasteiger partial charge in [-0.15, -0.1) is 11.3 Å². The fourth-order valence-electron chi connectivity index (χ4n) is 1.81. The van der Waals surface area contributed by atoms with E-state index in [-0.39, 0.29) is 0 Å². The van der Waals surface area contributed by atoms with E-state index < -0.39 is 0 Å². The van der Waals surface area contributed by atoms with Gasteiger partial charge in [-0.3, -0.25) is 0 Å². The van der Waals surface area contributed by atoms with Crippen molar-refractivity contribution >= 4 is 11.3 Å². The van der Waals surface area contributed by atoms with Crippen molar-refractivity contribution in [3.8, 4) is 29.1 Å². The summed E-state index contributed by atoms with van der Waals surface area (Å²) in [5.41, 5.74) is 6.35. The molecule has 0 saturated carbocycles. The summed E-state index contributed by atoms with van der Waals surface area (Å²) in [5, 5.41) is 1.98. The largest absolute Gasteiger partial charge is 0.493 e. The lowest BCUT2D eigenvalue weighted by atomic mass is 10.2. The molecule has 2 N–H and O–H groups in total. The Morgan fingerprint density at radius 2 is 1.86 bits per heavy atom. The Morgan fingerprint density at radius 1 is 1.14 bits per heavy atom. The number of hydrogen-bond donors (Lipinski definition) is 1. The van der Waals surface area contributed by atoms with Gasteiger partial charge >= 0.3 is 0 Å². The molecule has 110 valence electrons.